The molecule has 0 unspecified atom stereocenters. The van der Waals surface area contributed by atoms with Crippen LogP contribution in [0.2, 0.25) is 0 Å². The molecule has 1 atom stereocenters. The first-order chi connectivity index (χ1) is 16.6. The molecule has 2 aliphatic heterocycles. The van der Waals surface area contributed by atoms with Crippen molar-refractivity contribution < 1.29 is 27.9 Å². The second-order valence-corrected chi connectivity index (χ2v) is 11.4. The molecule has 9 nitrogen and oxygen atoms in total. The number of sulfonamides is 1. The summed E-state index contributed by atoms with van der Waals surface area (Å²) in [5.74, 6) is 0.252. The van der Waals surface area contributed by atoms with Gasteiger partial charge in [-0.2, -0.15) is 0 Å². The van der Waals surface area contributed by atoms with Crippen molar-refractivity contribution in [3.63, 3.8) is 0 Å². The molecule has 2 amide bonds. The standard InChI is InChI=1S/C25H31N3O6S/c1-17-16-27(25(30)31)23-15-20(19-4-7-21(8-5-19)35(32,33)26(2)3)6-9-22(23)28(17)24(29)14-18-10-12-34-13-11-18/h4-9,15,17-18H,10-14,16H2,1-3H3,(H,30,31)/t17-/m0/s1. The van der Waals surface area contributed by atoms with Crippen molar-refractivity contribution in [2.24, 2.45) is 5.92 Å². The van der Waals surface area contributed by atoms with E-state index < -0.39 is 16.1 Å². The van der Waals surface area contributed by atoms with Crippen molar-refractivity contribution in [1.82, 2.24) is 4.31 Å². The van der Waals surface area contributed by atoms with E-state index in [1.54, 1.807) is 29.2 Å². The number of carbonyl (C=O) groups excluding carboxylic acids is 1. The molecule has 0 aliphatic carbocycles. The van der Waals surface area contributed by atoms with Gasteiger partial charge in [0.1, 0.15) is 0 Å². The van der Waals surface area contributed by atoms with E-state index >= 15 is 0 Å². The maximum Gasteiger partial charge on any atom is 0.411 e. The summed E-state index contributed by atoms with van der Waals surface area (Å²) in [6, 6.07) is 11.5. The van der Waals surface area contributed by atoms with Crippen LogP contribution in [0.3, 0.4) is 0 Å². The molecule has 188 valence electrons. The van der Waals surface area contributed by atoms with Gasteiger partial charge in [-0.1, -0.05) is 18.2 Å². The van der Waals surface area contributed by atoms with Crippen LogP contribution in [0.4, 0.5) is 16.2 Å². The highest BCUT2D eigenvalue weighted by Crippen LogP contribution is 2.40. The Morgan fingerprint density at radius 3 is 2.26 bits per heavy atom. The van der Waals surface area contributed by atoms with Gasteiger partial charge in [0.2, 0.25) is 15.9 Å². The first kappa shape index (κ1) is 25.2. The molecule has 0 saturated carbocycles. The van der Waals surface area contributed by atoms with Gasteiger partial charge < -0.3 is 14.7 Å². The van der Waals surface area contributed by atoms with Crippen molar-refractivity contribution >= 4 is 33.4 Å². The van der Waals surface area contributed by atoms with Crippen molar-refractivity contribution in [1.29, 1.82) is 0 Å². The Labute approximate surface area is 205 Å². The number of rotatable bonds is 5. The van der Waals surface area contributed by atoms with Crippen molar-refractivity contribution in [3.8, 4) is 11.1 Å². The predicted molar refractivity (Wildman–Crippen MR) is 133 cm³/mol. The van der Waals surface area contributed by atoms with Gasteiger partial charge in [0.25, 0.3) is 0 Å². The van der Waals surface area contributed by atoms with E-state index in [1.165, 1.54) is 31.1 Å². The molecule has 2 aromatic rings. The van der Waals surface area contributed by atoms with Crippen LogP contribution >= 0.6 is 0 Å². The maximum atomic E-state index is 13.3. The lowest BCUT2D eigenvalue weighted by Crippen LogP contribution is -2.52. The number of nitrogens with zero attached hydrogens (tertiary/aromatic N) is 3. The molecule has 10 heteroatoms. The van der Waals surface area contributed by atoms with Crippen LogP contribution in [-0.4, -0.2) is 69.7 Å². The number of amides is 2. The van der Waals surface area contributed by atoms with Crippen LogP contribution in [0.25, 0.3) is 11.1 Å². The Balaban J connectivity index is 1.67. The highest BCUT2D eigenvalue weighted by atomic mass is 32.2. The summed E-state index contributed by atoms with van der Waals surface area (Å²) in [6.07, 6.45) is 1.02. The minimum absolute atomic E-state index is 0.0123. The summed E-state index contributed by atoms with van der Waals surface area (Å²) in [6.45, 7) is 3.35. The lowest BCUT2D eigenvalue weighted by molar-refractivity contribution is -0.120. The SMILES string of the molecule is C[C@H]1CN(C(=O)O)c2cc(-c3ccc(S(=O)(=O)N(C)C)cc3)ccc2N1C(=O)CC1CCOCC1. The highest BCUT2D eigenvalue weighted by Gasteiger charge is 2.36. The molecule has 2 heterocycles. The predicted octanol–water partition coefficient (Wildman–Crippen LogP) is 3.64. The number of hydrogen-bond acceptors (Lipinski definition) is 5. The molecule has 0 spiro atoms. The number of benzene rings is 2. The average Bonchev–Trinajstić information content (AvgIpc) is 2.83. The Morgan fingerprint density at radius 1 is 1.03 bits per heavy atom. The van der Waals surface area contributed by atoms with E-state index in [0.29, 0.717) is 31.0 Å². The molecule has 0 radical (unpaired) electrons. The van der Waals surface area contributed by atoms with E-state index in [2.05, 4.69) is 0 Å². The van der Waals surface area contributed by atoms with Crippen LogP contribution < -0.4 is 9.80 Å². The Bertz CT molecular complexity index is 1210. The molecule has 1 N–H and O–H groups in total. The first-order valence-electron chi connectivity index (χ1n) is 11.7. The van der Waals surface area contributed by atoms with Gasteiger partial charge in [-0.3, -0.25) is 9.69 Å². The highest BCUT2D eigenvalue weighted by molar-refractivity contribution is 7.89. The van der Waals surface area contributed by atoms with Crippen LogP contribution in [0.5, 0.6) is 0 Å². The molecular formula is C25H31N3O6S. The zero-order valence-corrected chi connectivity index (χ0v) is 21.0. The number of fused-ring (bicyclic) bond motifs is 1. The van der Waals surface area contributed by atoms with Gasteiger partial charge in [-0.25, -0.2) is 17.5 Å². The number of ether oxygens (including phenoxy) is 1. The van der Waals surface area contributed by atoms with Gasteiger partial charge in [0.15, 0.2) is 0 Å². The summed E-state index contributed by atoms with van der Waals surface area (Å²) < 4.78 is 31.3. The third-order valence-corrected chi connectivity index (χ3v) is 8.51. The van der Waals surface area contributed by atoms with Crippen molar-refractivity contribution in [3.05, 3.63) is 42.5 Å². The molecule has 0 bridgehead atoms. The fourth-order valence-electron chi connectivity index (χ4n) is 4.69. The molecular weight excluding hydrogens is 470 g/mol. The number of hydrogen-bond donors (Lipinski definition) is 1. The molecule has 0 aromatic heterocycles. The lowest BCUT2D eigenvalue weighted by atomic mass is 9.94. The molecule has 35 heavy (non-hydrogen) atoms. The van der Waals surface area contributed by atoms with E-state index in [-0.39, 0.29) is 29.3 Å². The van der Waals surface area contributed by atoms with Crippen LogP contribution in [0.15, 0.2) is 47.4 Å². The normalized spacial score (nSPS) is 19.0. The fourth-order valence-corrected chi connectivity index (χ4v) is 5.59. The summed E-state index contributed by atoms with van der Waals surface area (Å²) in [5, 5.41) is 9.87. The van der Waals surface area contributed by atoms with Gasteiger partial charge in [-0.05, 0) is 61.1 Å². The molecule has 1 fully saturated rings. The van der Waals surface area contributed by atoms with Crippen LogP contribution in [0, 0.1) is 5.92 Å². The second-order valence-electron chi connectivity index (χ2n) is 9.28. The monoisotopic (exact) mass is 501 g/mol. The van der Waals surface area contributed by atoms with E-state index in [1.807, 2.05) is 13.0 Å². The fraction of sp³-hybridized carbons (Fsp3) is 0.440. The molecule has 2 aromatic carbocycles. The van der Waals surface area contributed by atoms with Crippen LogP contribution in [0.1, 0.15) is 26.2 Å². The third-order valence-electron chi connectivity index (χ3n) is 6.68. The quantitative estimate of drug-likeness (QED) is 0.670. The summed E-state index contributed by atoms with van der Waals surface area (Å²) >= 11 is 0. The topological polar surface area (TPSA) is 107 Å². The smallest absolute Gasteiger partial charge is 0.411 e. The average molecular weight is 502 g/mol. The Morgan fingerprint density at radius 2 is 1.66 bits per heavy atom. The number of carbonyl (C=O) groups is 2. The van der Waals surface area contributed by atoms with E-state index in [0.717, 1.165) is 28.3 Å². The van der Waals surface area contributed by atoms with E-state index in [9.17, 15) is 23.1 Å². The van der Waals surface area contributed by atoms with Gasteiger partial charge in [0.05, 0.1) is 22.3 Å². The van der Waals surface area contributed by atoms with E-state index in [4.69, 9.17) is 4.74 Å². The summed E-state index contributed by atoms with van der Waals surface area (Å²) in [7, 11) is -0.599. The molecule has 1 saturated heterocycles. The van der Waals surface area contributed by atoms with Gasteiger partial charge in [0, 0.05) is 40.3 Å². The second kappa shape index (κ2) is 9.96. The Kier molecular flexibility index (Phi) is 7.16. The summed E-state index contributed by atoms with van der Waals surface area (Å²) in [4.78, 5) is 28.5. The maximum absolute atomic E-state index is 13.3. The lowest BCUT2D eigenvalue weighted by Gasteiger charge is -2.41. The van der Waals surface area contributed by atoms with Crippen molar-refractivity contribution in [2.75, 3.05) is 43.7 Å². The minimum Gasteiger partial charge on any atom is -0.465 e. The number of anilines is 2. The van der Waals surface area contributed by atoms with Crippen molar-refractivity contribution in [2.45, 2.75) is 37.1 Å². The minimum atomic E-state index is -3.55. The molecule has 4 rings (SSSR count). The van der Waals surface area contributed by atoms with Gasteiger partial charge >= 0.3 is 6.09 Å². The number of carboxylic acid groups (broad SMARTS) is 1. The zero-order valence-electron chi connectivity index (χ0n) is 20.2. The first-order valence-corrected chi connectivity index (χ1v) is 13.1. The zero-order chi connectivity index (χ0) is 25.3. The van der Waals surface area contributed by atoms with Crippen LogP contribution in [-0.2, 0) is 19.6 Å². The Hall–Kier alpha value is -2.95. The summed E-state index contributed by atoms with van der Waals surface area (Å²) in [5.41, 5.74) is 2.49. The largest absolute Gasteiger partial charge is 0.465 e. The van der Waals surface area contributed by atoms with Gasteiger partial charge in [-0.15, -0.1) is 0 Å². The third kappa shape index (κ3) is 5.05. The molecule has 2 aliphatic rings.